The van der Waals surface area contributed by atoms with Crippen LogP contribution in [-0.2, 0) is 0 Å². The second-order valence-electron chi connectivity index (χ2n) is 3.69. The summed E-state index contributed by atoms with van der Waals surface area (Å²) in [6.45, 7) is 2.16. The summed E-state index contributed by atoms with van der Waals surface area (Å²) < 4.78 is 1.33. The SMILES string of the molecule is Cc1c(-c2csc(N)[nH+]2)sc2ccccc12. The number of fused-ring (bicyclic) bond motifs is 1. The Bertz CT molecular complexity index is 652. The first-order valence-corrected chi connectivity index (χ1v) is 6.70. The minimum absolute atomic E-state index is 0.756. The third-order valence-electron chi connectivity index (χ3n) is 2.65. The largest absolute Gasteiger partial charge is 0.329 e. The number of rotatable bonds is 1. The van der Waals surface area contributed by atoms with E-state index in [1.807, 2.05) is 11.3 Å². The molecule has 0 bridgehead atoms. The van der Waals surface area contributed by atoms with Crippen molar-refractivity contribution < 1.29 is 4.98 Å². The van der Waals surface area contributed by atoms with E-state index < -0.39 is 0 Å². The molecule has 2 nitrogen and oxygen atoms in total. The van der Waals surface area contributed by atoms with Crippen LogP contribution in [0.3, 0.4) is 0 Å². The van der Waals surface area contributed by atoms with Crippen LogP contribution in [0.15, 0.2) is 29.6 Å². The molecule has 0 saturated carbocycles. The predicted molar refractivity (Wildman–Crippen MR) is 70.8 cm³/mol. The lowest BCUT2D eigenvalue weighted by Gasteiger charge is -1.91. The molecule has 2 aromatic heterocycles. The number of anilines is 1. The zero-order chi connectivity index (χ0) is 11.1. The maximum absolute atomic E-state index is 5.73. The van der Waals surface area contributed by atoms with Gasteiger partial charge in [-0.15, -0.1) is 11.3 Å². The lowest BCUT2D eigenvalue weighted by molar-refractivity contribution is -0.340. The Morgan fingerprint density at radius 2 is 2.06 bits per heavy atom. The average molecular weight is 247 g/mol. The van der Waals surface area contributed by atoms with Crippen molar-refractivity contribution >= 4 is 37.9 Å². The minimum Gasteiger partial charge on any atom is -0.278 e. The Morgan fingerprint density at radius 3 is 2.75 bits per heavy atom. The molecule has 0 unspecified atom stereocenters. The number of thiazole rings is 1. The molecule has 0 amide bonds. The molecule has 0 aliphatic rings. The van der Waals surface area contributed by atoms with E-state index in [-0.39, 0.29) is 0 Å². The number of nitrogens with one attached hydrogen (secondary N) is 1. The number of hydrogen-bond donors (Lipinski definition) is 1. The second kappa shape index (κ2) is 3.57. The average Bonchev–Trinajstić information content (AvgIpc) is 2.84. The smallest absolute Gasteiger partial charge is 0.278 e. The van der Waals surface area contributed by atoms with E-state index in [4.69, 9.17) is 5.73 Å². The molecule has 0 radical (unpaired) electrons. The first-order valence-electron chi connectivity index (χ1n) is 5.00. The molecule has 0 atom stereocenters. The van der Waals surface area contributed by atoms with E-state index >= 15 is 0 Å². The highest BCUT2D eigenvalue weighted by Gasteiger charge is 2.14. The number of H-pyrrole nitrogens is 1. The van der Waals surface area contributed by atoms with Crippen LogP contribution in [-0.4, -0.2) is 0 Å². The number of thiophene rings is 1. The quantitative estimate of drug-likeness (QED) is 0.704. The van der Waals surface area contributed by atoms with E-state index in [0.717, 1.165) is 10.8 Å². The number of aromatic amines is 1. The lowest BCUT2D eigenvalue weighted by atomic mass is 10.1. The number of nitrogen functional groups attached to an aromatic ring is 1. The number of benzene rings is 1. The van der Waals surface area contributed by atoms with Gasteiger partial charge in [0.05, 0.1) is 4.88 Å². The van der Waals surface area contributed by atoms with Crippen LogP contribution in [0.1, 0.15) is 5.56 Å². The van der Waals surface area contributed by atoms with Gasteiger partial charge in [0.15, 0.2) is 5.69 Å². The summed E-state index contributed by atoms with van der Waals surface area (Å²) in [4.78, 5) is 4.49. The highest BCUT2D eigenvalue weighted by molar-refractivity contribution is 7.22. The van der Waals surface area contributed by atoms with Gasteiger partial charge in [-0.2, -0.15) is 0 Å². The van der Waals surface area contributed by atoms with Crippen molar-refractivity contribution in [2.45, 2.75) is 6.92 Å². The highest BCUT2D eigenvalue weighted by atomic mass is 32.1. The number of aromatic nitrogens is 1. The monoisotopic (exact) mass is 247 g/mol. The molecule has 80 valence electrons. The van der Waals surface area contributed by atoms with Crippen LogP contribution < -0.4 is 10.7 Å². The lowest BCUT2D eigenvalue weighted by Crippen LogP contribution is -2.06. The molecule has 0 saturated heterocycles. The fraction of sp³-hybridized carbons (Fsp3) is 0.0833. The number of nitrogens with two attached hydrogens (primary N) is 1. The van der Waals surface area contributed by atoms with Crippen molar-refractivity contribution in [2.24, 2.45) is 0 Å². The standard InChI is InChI=1S/C12H10N2S2/c1-7-8-4-2-3-5-10(8)16-11(7)9-6-15-12(13)14-9/h2-6H,1H3,(H2,13,14)/p+1. The normalized spacial score (nSPS) is 11.1. The van der Waals surface area contributed by atoms with Crippen molar-refractivity contribution in [3.63, 3.8) is 0 Å². The van der Waals surface area contributed by atoms with Gasteiger partial charge in [0.2, 0.25) is 0 Å². The van der Waals surface area contributed by atoms with Crippen LogP contribution in [0.25, 0.3) is 20.7 Å². The van der Waals surface area contributed by atoms with Gasteiger partial charge in [-0.1, -0.05) is 29.5 Å². The Labute approximate surface area is 101 Å². The Balaban J connectivity index is 2.28. The van der Waals surface area contributed by atoms with Gasteiger partial charge in [0.1, 0.15) is 0 Å². The molecule has 0 spiro atoms. The summed E-state index contributed by atoms with van der Waals surface area (Å²) in [5.74, 6) is 0. The van der Waals surface area contributed by atoms with Crippen LogP contribution >= 0.6 is 22.7 Å². The third-order valence-corrected chi connectivity index (χ3v) is 4.67. The Kier molecular flexibility index (Phi) is 2.19. The molecule has 2 heterocycles. The van der Waals surface area contributed by atoms with Crippen LogP contribution in [0.2, 0.25) is 0 Å². The van der Waals surface area contributed by atoms with E-state index in [1.54, 1.807) is 11.3 Å². The van der Waals surface area contributed by atoms with Crippen molar-refractivity contribution in [3.05, 3.63) is 35.2 Å². The van der Waals surface area contributed by atoms with Crippen LogP contribution in [0, 0.1) is 6.92 Å². The van der Waals surface area contributed by atoms with Gasteiger partial charge in [-0.05, 0) is 23.9 Å². The highest BCUT2D eigenvalue weighted by Crippen LogP contribution is 2.37. The maximum Gasteiger partial charge on any atom is 0.329 e. The molecule has 3 N–H and O–H groups in total. The molecule has 0 fully saturated rings. The predicted octanol–water partition coefficient (Wildman–Crippen LogP) is 3.33. The topological polar surface area (TPSA) is 40.2 Å². The van der Waals surface area contributed by atoms with Gasteiger partial charge in [-0.3, -0.25) is 5.73 Å². The first kappa shape index (κ1) is 9.81. The van der Waals surface area contributed by atoms with Crippen molar-refractivity contribution in [3.8, 4) is 10.6 Å². The summed E-state index contributed by atoms with van der Waals surface area (Å²) >= 11 is 3.36. The fourth-order valence-corrected chi connectivity index (χ4v) is 3.70. The molecule has 4 heteroatoms. The summed E-state index contributed by atoms with van der Waals surface area (Å²) in [6.07, 6.45) is 0. The molecule has 3 rings (SSSR count). The van der Waals surface area contributed by atoms with Gasteiger partial charge in [-0.25, -0.2) is 4.98 Å². The Morgan fingerprint density at radius 1 is 1.25 bits per heavy atom. The summed E-state index contributed by atoms with van der Waals surface area (Å²) in [7, 11) is 0. The summed E-state index contributed by atoms with van der Waals surface area (Å²) in [5, 5.41) is 4.17. The van der Waals surface area contributed by atoms with Gasteiger partial charge in [0.25, 0.3) is 0 Å². The fourth-order valence-electron chi connectivity index (χ4n) is 1.86. The molecular formula is C12H11N2S2+. The van der Waals surface area contributed by atoms with Crippen molar-refractivity contribution in [1.82, 2.24) is 0 Å². The van der Waals surface area contributed by atoms with Crippen molar-refractivity contribution in [1.29, 1.82) is 0 Å². The third kappa shape index (κ3) is 1.42. The first-order chi connectivity index (χ1) is 7.75. The van der Waals surface area contributed by atoms with Crippen LogP contribution in [0.5, 0.6) is 0 Å². The number of hydrogen-bond acceptors (Lipinski definition) is 3. The van der Waals surface area contributed by atoms with E-state index in [1.165, 1.54) is 20.5 Å². The Hall–Kier alpha value is -1.39. The summed E-state index contributed by atoms with van der Waals surface area (Å²) in [6, 6.07) is 8.48. The molecular weight excluding hydrogens is 236 g/mol. The van der Waals surface area contributed by atoms with Crippen molar-refractivity contribution in [2.75, 3.05) is 5.73 Å². The van der Waals surface area contributed by atoms with Gasteiger partial charge >= 0.3 is 5.13 Å². The van der Waals surface area contributed by atoms with E-state index in [9.17, 15) is 0 Å². The minimum atomic E-state index is 0.756. The van der Waals surface area contributed by atoms with Gasteiger partial charge < -0.3 is 0 Å². The number of aryl methyl sites for hydroxylation is 1. The van der Waals surface area contributed by atoms with Crippen LogP contribution in [0.4, 0.5) is 5.13 Å². The summed E-state index contributed by atoms with van der Waals surface area (Å²) in [5.41, 5.74) is 8.18. The van der Waals surface area contributed by atoms with E-state index in [2.05, 4.69) is 41.6 Å². The molecule has 16 heavy (non-hydrogen) atoms. The zero-order valence-electron chi connectivity index (χ0n) is 8.78. The van der Waals surface area contributed by atoms with Gasteiger partial charge in [0, 0.05) is 10.1 Å². The maximum atomic E-state index is 5.73. The molecule has 3 aromatic rings. The molecule has 0 aliphatic heterocycles. The van der Waals surface area contributed by atoms with E-state index in [0.29, 0.717) is 0 Å². The zero-order valence-corrected chi connectivity index (χ0v) is 10.4. The molecule has 1 aromatic carbocycles. The second-order valence-corrected chi connectivity index (χ2v) is 5.65. The molecule has 0 aliphatic carbocycles.